The molecule has 2 rings (SSSR count). The van der Waals surface area contributed by atoms with E-state index < -0.39 is 0 Å². The third kappa shape index (κ3) is 3.84. The van der Waals surface area contributed by atoms with E-state index in [1.807, 2.05) is 19.9 Å². The maximum Gasteiger partial charge on any atom is 0.275 e. The predicted octanol–water partition coefficient (Wildman–Crippen LogP) is 2.18. The number of hydrogen-bond donors (Lipinski definition) is 1. The minimum atomic E-state index is -0.368. The molecule has 1 N–H and O–H groups in total. The maximum atomic E-state index is 11.1. The topological polar surface area (TPSA) is 67.6 Å². The first-order chi connectivity index (χ1) is 9.56. The third-order valence-electron chi connectivity index (χ3n) is 3.16. The lowest BCUT2D eigenvalue weighted by Gasteiger charge is -2.23. The van der Waals surface area contributed by atoms with Crippen LogP contribution in [0.3, 0.4) is 0 Å². The molecule has 1 aliphatic heterocycles. The number of ether oxygens (including phenoxy) is 1. The number of anilines is 1. The Morgan fingerprint density at radius 3 is 2.80 bits per heavy atom. The van der Waals surface area contributed by atoms with Crippen molar-refractivity contribution in [3.63, 3.8) is 0 Å². The molecule has 1 aromatic rings. The summed E-state index contributed by atoms with van der Waals surface area (Å²) < 4.78 is 5.62. The first-order valence-electron chi connectivity index (χ1n) is 6.98. The van der Waals surface area contributed by atoms with Crippen LogP contribution < -0.4 is 15.0 Å². The number of nitro groups is 1. The van der Waals surface area contributed by atoms with Gasteiger partial charge in [0.25, 0.3) is 5.69 Å². The number of non-ortho nitro benzene ring substituents is 1. The summed E-state index contributed by atoms with van der Waals surface area (Å²) >= 11 is 0. The van der Waals surface area contributed by atoms with Gasteiger partial charge in [-0.15, -0.1) is 0 Å². The van der Waals surface area contributed by atoms with Crippen LogP contribution in [0.5, 0.6) is 5.75 Å². The normalized spacial score (nSPS) is 16.1. The van der Waals surface area contributed by atoms with E-state index in [1.54, 1.807) is 6.07 Å². The highest BCUT2D eigenvalue weighted by atomic mass is 16.6. The molecule has 0 aromatic heterocycles. The molecule has 1 aromatic carbocycles. The highest BCUT2D eigenvalue weighted by Crippen LogP contribution is 2.29. The molecule has 0 unspecified atom stereocenters. The fourth-order valence-corrected chi connectivity index (χ4v) is 2.30. The summed E-state index contributed by atoms with van der Waals surface area (Å²) in [6.07, 6.45) is 1.03. The lowest BCUT2D eigenvalue weighted by atomic mass is 10.2. The summed E-state index contributed by atoms with van der Waals surface area (Å²) in [5.74, 6) is 0.557. The van der Waals surface area contributed by atoms with E-state index in [1.165, 1.54) is 6.07 Å². The summed E-state index contributed by atoms with van der Waals surface area (Å²) in [4.78, 5) is 12.9. The molecule has 0 amide bonds. The molecule has 0 aliphatic carbocycles. The SMILES string of the molecule is CC(C)Oc1cc(N2CCCNCC2)cc([N+](=O)[O-])c1. The van der Waals surface area contributed by atoms with E-state index in [-0.39, 0.29) is 16.7 Å². The van der Waals surface area contributed by atoms with Crippen molar-refractivity contribution >= 4 is 11.4 Å². The number of benzene rings is 1. The van der Waals surface area contributed by atoms with E-state index in [0.717, 1.165) is 38.3 Å². The Kier molecular flexibility index (Phi) is 4.79. The van der Waals surface area contributed by atoms with Gasteiger partial charge in [-0.25, -0.2) is 0 Å². The number of nitro benzene ring substituents is 1. The monoisotopic (exact) mass is 279 g/mol. The van der Waals surface area contributed by atoms with E-state index in [9.17, 15) is 10.1 Å². The Bertz CT molecular complexity index is 469. The smallest absolute Gasteiger partial charge is 0.275 e. The first-order valence-corrected chi connectivity index (χ1v) is 6.98. The number of rotatable bonds is 4. The quantitative estimate of drug-likeness (QED) is 0.676. The second-order valence-electron chi connectivity index (χ2n) is 5.20. The van der Waals surface area contributed by atoms with Crippen molar-refractivity contribution in [2.45, 2.75) is 26.4 Å². The lowest BCUT2D eigenvalue weighted by Crippen LogP contribution is -2.27. The molecule has 0 radical (unpaired) electrons. The van der Waals surface area contributed by atoms with Gasteiger partial charge in [-0.05, 0) is 26.8 Å². The van der Waals surface area contributed by atoms with Gasteiger partial charge in [0.1, 0.15) is 5.75 Å². The zero-order chi connectivity index (χ0) is 14.5. The van der Waals surface area contributed by atoms with Crippen LogP contribution in [0.4, 0.5) is 11.4 Å². The molecule has 1 aliphatic rings. The zero-order valence-corrected chi connectivity index (χ0v) is 12.0. The summed E-state index contributed by atoms with van der Waals surface area (Å²) in [5, 5.41) is 14.4. The number of nitrogens with one attached hydrogen (secondary N) is 1. The van der Waals surface area contributed by atoms with Crippen molar-refractivity contribution in [1.29, 1.82) is 0 Å². The fraction of sp³-hybridized carbons (Fsp3) is 0.571. The molecule has 1 saturated heterocycles. The van der Waals surface area contributed by atoms with Gasteiger partial charge < -0.3 is 15.0 Å². The summed E-state index contributed by atoms with van der Waals surface area (Å²) in [5.41, 5.74) is 0.939. The van der Waals surface area contributed by atoms with Crippen molar-refractivity contribution in [3.8, 4) is 5.75 Å². The van der Waals surface area contributed by atoms with Crippen LogP contribution in [-0.4, -0.2) is 37.2 Å². The highest BCUT2D eigenvalue weighted by molar-refractivity contribution is 5.58. The molecule has 0 spiro atoms. The molecular formula is C14H21N3O3. The van der Waals surface area contributed by atoms with Gasteiger partial charge in [-0.2, -0.15) is 0 Å². The predicted molar refractivity (Wildman–Crippen MR) is 78.6 cm³/mol. The van der Waals surface area contributed by atoms with Gasteiger partial charge in [0.15, 0.2) is 0 Å². The minimum absolute atomic E-state index is 0.00402. The molecule has 1 heterocycles. The molecule has 20 heavy (non-hydrogen) atoms. The van der Waals surface area contributed by atoms with Crippen LogP contribution in [-0.2, 0) is 0 Å². The van der Waals surface area contributed by atoms with E-state index >= 15 is 0 Å². The Labute approximate surface area is 118 Å². The molecule has 6 heteroatoms. The van der Waals surface area contributed by atoms with Crippen molar-refractivity contribution in [2.24, 2.45) is 0 Å². The van der Waals surface area contributed by atoms with Gasteiger partial charge in [0.05, 0.1) is 17.1 Å². The first kappa shape index (κ1) is 14.6. The second kappa shape index (κ2) is 6.56. The number of hydrogen-bond acceptors (Lipinski definition) is 5. The zero-order valence-electron chi connectivity index (χ0n) is 12.0. The Balaban J connectivity index is 2.29. The van der Waals surface area contributed by atoms with Gasteiger partial charge in [0.2, 0.25) is 0 Å². The second-order valence-corrected chi connectivity index (χ2v) is 5.20. The summed E-state index contributed by atoms with van der Waals surface area (Å²) in [7, 11) is 0. The molecule has 0 bridgehead atoms. The summed E-state index contributed by atoms with van der Waals surface area (Å²) in [6.45, 7) is 7.45. The van der Waals surface area contributed by atoms with E-state index in [2.05, 4.69) is 10.2 Å². The third-order valence-corrected chi connectivity index (χ3v) is 3.16. The summed E-state index contributed by atoms with van der Waals surface area (Å²) in [6, 6.07) is 5.00. The molecule has 1 fully saturated rings. The average Bonchev–Trinajstić information content (AvgIpc) is 2.66. The van der Waals surface area contributed by atoms with Crippen LogP contribution in [0.2, 0.25) is 0 Å². The fourth-order valence-electron chi connectivity index (χ4n) is 2.30. The standard InChI is InChI=1S/C14H21N3O3/c1-11(2)20-14-9-12(8-13(10-14)17(18)19)16-6-3-4-15-5-7-16/h8-11,15H,3-7H2,1-2H3. The molecule has 110 valence electrons. The Hall–Kier alpha value is -1.82. The Morgan fingerprint density at radius 2 is 2.10 bits per heavy atom. The van der Waals surface area contributed by atoms with Crippen LogP contribution >= 0.6 is 0 Å². The average molecular weight is 279 g/mol. The molecular weight excluding hydrogens is 258 g/mol. The minimum Gasteiger partial charge on any atom is -0.491 e. The van der Waals surface area contributed by atoms with Crippen LogP contribution in [0.1, 0.15) is 20.3 Å². The molecule has 0 saturated carbocycles. The van der Waals surface area contributed by atoms with Crippen molar-refractivity contribution in [1.82, 2.24) is 5.32 Å². The van der Waals surface area contributed by atoms with Crippen molar-refractivity contribution in [2.75, 3.05) is 31.1 Å². The van der Waals surface area contributed by atoms with Crippen molar-refractivity contribution in [3.05, 3.63) is 28.3 Å². The maximum absolute atomic E-state index is 11.1. The van der Waals surface area contributed by atoms with Crippen LogP contribution in [0.25, 0.3) is 0 Å². The largest absolute Gasteiger partial charge is 0.491 e. The molecule has 0 atom stereocenters. The highest BCUT2D eigenvalue weighted by Gasteiger charge is 2.16. The van der Waals surface area contributed by atoms with Gasteiger partial charge in [0, 0.05) is 37.5 Å². The van der Waals surface area contributed by atoms with Crippen LogP contribution in [0.15, 0.2) is 18.2 Å². The van der Waals surface area contributed by atoms with Gasteiger partial charge >= 0.3 is 0 Å². The van der Waals surface area contributed by atoms with Crippen molar-refractivity contribution < 1.29 is 9.66 Å². The van der Waals surface area contributed by atoms with E-state index in [4.69, 9.17) is 4.74 Å². The van der Waals surface area contributed by atoms with Gasteiger partial charge in [-0.3, -0.25) is 10.1 Å². The number of nitrogens with zero attached hydrogens (tertiary/aromatic N) is 2. The lowest BCUT2D eigenvalue weighted by molar-refractivity contribution is -0.384. The van der Waals surface area contributed by atoms with Gasteiger partial charge in [-0.1, -0.05) is 0 Å². The van der Waals surface area contributed by atoms with Crippen LogP contribution in [0, 0.1) is 10.1 Å². The van der Waals surface area contributed by atoms with E-state index in [0.29, 0.717) is 5.75 Å². The Morgan fingerprint density at radius 1 is 1.30 bits per heavy atom. The molecule has 6 nitrogen and oxygen atoms in total.